The predicted molar refractivity (Wildman–Crippen MR) is 76.8 cm³/mol. The SMILES string of the molecule is CCC(O)C1CCN(C(=O)CC2CCCCC2)CC1. The van der Waals surface area contributed by atoms with Crippen LogP contribution in [-0.4, -0.2) is 35.1 Å². The van der Waals surface area contributed by atoms with E-state index in [1.54, 1.807) is 0 Å². The fraction of sp³-hybridized carbons (Fsp3) is 0.938. The number of carbonyl (C=O) groups excluding carboxylic acids is 1. The van der Waals surface area contributed by atoms with Crippen molar-refractivity contribution in [3.05, 3.63) is 0 Å². The summed E-state index contributed by atoms with van der Waals surface area (Å²) in [4.78, 5) is 14.3. The fourth-order valence-corrected chi connectivity index (χ4v) is 3.63. The minimum atomic E-state index is -0.171. The van der Waals surface area contributed by atoms with Gasteiger partial charge >= 0.3 is 0 Å². The minimum Gasteiger partial charge on any atom is -0.393 e. The van der Waals surface area contributed by atoms with E-state index in [4.69, 9.17) is 0 Å². The van der Waals surface area contributed by atoms with Gasteiger partial charge in [0.25, 0.3) is 0 Å². The second-order valence-corrected chi connectivity index (χ2v) is 6.40. The molecule has 1 heterocycles. The highest BCUT2D eigenvalue weighted by atomic mass is 16.3. The molecule has 19 heavy (non-hydrogen) atoms. The highest BCUT2D eigenvalue weighted by molar-refractivity contribution is 5.76. The van der Waals surface area contributed by atoms with Crippen LogP contribution in [-0.2, 0) is 4.79 Å². The Morgan fingerprint density at radius 2 is 1.79 bits per heavy atom. The van der Waals surface area contributed by atoms with Gasteiger partial charge in [0, 0.05) is 19.5 Å². The number of nitrogens with zero attached hydrogens (tertiary/aromatic N) is 1. The molecule has 1 aliphatic heterocycles. The van der Waals surface area contributed by atoms with Crippen molar-refractivity contribution in [3.8, 4) is 0 Å². The number of likely N-dealkylation sites (tertiary alicyclic amines) is 1. The summed E-state index contributed by atoms with van der Waals surface area (Å²) in [5.74, 6) is 1.40. The smallest absolute Gasteiger partial charge is 0.222 e. The molecule has 0 aromatic carbocycles. The number of amides is 1. The molecule has 0 aromatic heterocycles. The summed E-state index contributed by atoms with van der Waals surface area (Å²) in [6.45, 7) is 3.74. The van der Waals surface area contributed by atoms with Crippen LogP contribution in [0.2, 0.25) is 0 Å². The molecule has 1 N–H and O–H groups in total. The Balaban J connectivity index is 1.72. The van der Waals surface area contributed by atoms with Gasteiger partial charge in [-0.25, -0.2) is 0 Å². The molecule has 1 saturated carbocycles. The predicted octanol–water partition coefficient (Wildman–Crippen LogP) is 2.97. The zero-order valence-corrected chi connectivity index (χ0v) is 12.3. The van der Waals surface area contributed by atoms with E-state index in [2.05, 4.69) is 0 Å². The maximum atomic E-state index is 12.3. The van der Waals surface area contributed by atoms with Crippen LogP contribution in [0.5, 0.6) is 0 Å². The maximum absolute atomic E-state index is 12.3. The summed E-state index contributed by atoms with van der Waals surface area (Å²) in [7, 11) is 0. The summed E-state index contributed by atoms with van der Waals surface area (Å²) in [6, 6.07) is 0. The summed E-state index contributed by atoms with van der Waals surface area (Å²) in [5, 5.41) is 9.87. The molecule has 3 heteroatoms. The number of piperidine rings is 1. The molecule has 1 unspecified atom stereocenters. The molecule has 2 fully saturated rings. The third-order valence-corrected chi connectivity index (χ3v) is 5.04. The second-order valence-electron chi connectivity index (χ2n) is 6.40. The van der Waals surface area contributed by atoms with Crippen molar-refractivity contribution < 1.29 is 9.90 Å². The van der Waals surface area contributed by atoms with Gasteiger partial charge in [0.2, 0.25) is 5.91 Å². The molecule has 1 saturated heterocycles. The van der Waals surface area contributed by atoms with E-state index in [1.165, 1.54) is 32.1 Å². The van der Waals surface area contributed by atoms with Crippen molar-refractivity contribution in [2.45, 2.75) is 70.8 Å². The molecule has 1 amide bonds. The van der Waals surface area contributed by atoms with Crippen LogP contribution in [0, 0.1) is 11.8 Å². The average molecular weight is 267 g/mol. The van der Waals surface area contributed by atoms with E-state index in [9.17, 15) is 9.90 Å². The molecule has 110 valence electrons. The van der Waals surface area contributed by atoms with Crippen LogP contribution in [0.15, 0.2) is 0 Å². The first-order chi connectivity index (χ1) is 9.20. The van der Waals surface area contributed by atoms with Gasteiger partial charge in [0.05, 0.1) is 6.10 Å². The highest BCUT2D eigenvalue weighted by Gasteiger charge is 2.27. The summed E-state index contributed by atoms with van der Waals surface area (Å²) in [5.41, 5.74) is 0. The lowest BCUT2D eigenvalue weighted by Gasteiger charge is -2.35. The van der Waals surface area contributed by atoms with E-state index in [-0.39, 0.29) is 6.10 Å². The molecule has 3 nitrogen and oxygen atoms in total. The lowest BCUT2D eigenvalue weighted by atomic mass is 9.86. The van der Waals surface area contributed by atoms with E-state index >= 15 is 0 Å². The number of aliphatic hydroxyl groups is 1. The quantitative estimate of drug-likeness (QED) is 0.850. The average Bonchev–Trinajstić information content (AvgIpc) is 2.47. The van der Waals surface area contributed by atoms with Gasteiger partial charge < -0.3 is 10.0 Å². The third-order valence-electron chi connectivity index (χ3n) is 5.04. The Kier molecular flexibility index (Phi) is 5.68. The zero-order valence-electron chi connectivity index (χ0n) is 12.3. The number of rotatable bonds is 4. The van der Waals surface area contributed by atoms with E-state index in [0.717, 1.165) is 38.8 Å². The number of hydrogen-bond donors (Lipinski definition) is 1. The molecule has 1 aliphatic carbocycles. The zero-order chi connectivity index (χ0) is 13.7. The van der Waals surface area contributed by atoms with E-state index < -0.39 is 0 Å². The first kappa shape index (κ1) is 14.8. The molecule has 2 aliphatic rings. The van der Waals surface area contributed by atoms with Crippen molar-refractivity contribution in [1.29, 1.82) is 0 Å². The van der Waals surface area contributed by atoms with Crippen molar-refractivity contribution in [1.82, 2.24) is 4.90 Å². The standard InChI is InChI=1S/C16H29NO2/c1-2-15(18)14-8-10-17(11-9-14)16(19)12-13-6-4-3-5-7-13/h13-15,18H,2-12H2,1H3. The van der Waals surface area contributed by atoms with Crippen molar-refractivity contribution >= 4 is 5.91 Å². The highest BCUT2D eigenvalue weighted by Crippen LogP contribution is 2.28. The summed E-state index contributed by atoms with van der Waals surface area (Å²) >= 11 is 0. The van der Waals surface area contributed by atoms with Gasteiger partial charge in [-0.3, -0.25) is 4.79 Å². The van der Waals surface area contributed by atoms with Crippen molar-refractivity contribution in [2.75, 3.05) is 13.1 Å². The van der Waals surface area contributed by atoms with Crippen LogP contribution >= 0.6 is 0 Å². The first-order valence-corrected chi connectivity index (χ1v) is 8.16. The molecular formula is C16H29NO2. The van der Waals surface area contributed by atoms with Crippen molar-refractivity contribution in [2.24, 2.45) is 11.8 Å². The molecule has 0 spiro atoms. The molecule has 1 atom stereocenters. The normalized spacial score (nSPS) is 24.4. The Labute approximate surface area is 117 Å². The van der Waals surface area contributed by atoms with E-state index in [0.29, 0.717) is 17.7 Å². The Hall–Kier alpha value is -0.570. The minimum absolute atomic E-state index is 0.171. The second kappa shape index (κ2) is 7.28. The molecule has 0 aromatic rings. The van der Waals surface area contributed by atoms with E-state index in [1.807, 2.05) is 11.8 Å². The van der Waals surface area contributed by atoms with Gasteiger partial charge in [0.15, 0.2) is 0 Å². The molecular weight excluding hydrogens is 238 g/mol. The van der Waals surface area contributed by atoms with Gasteiger partial charge in [0.1, 0.15) is 0 Å². The lowest BCUT2D eigenvalue weighted by molar-refractivity contribution is -0.134. The van der Waals surface area contributed by atoms with Crippen molar-refractivity contribution in [3.63, 3.8) is 0 Å². The van der Waals surface area contributed by atoms with Gasteiger partial charge in [-0.05, 0) is 43.9 Å². The van der Waals surface area contributed by atoms with Gasteiger partial charge in [-0.15, -0.1) is 0 Å². The largest absolute Gasteiger partial charge is 0.393 e. The maximum Gasteiger partial charge on any atom is 0.222 e. The van der Waals surface area contributed by atoms with Crippen LogP contribution in [0.1, 0.15) is 64.7 Å². The first-order valence-electron chi connectivity index (χ1n) is 8.16. The molecule has 0 bridgehead atoms. The summed E-state index contributed by atoms with van der Waals surface area (Å²) in [6.07, 6.45) is 9.85. The summed E-state index contributed by atoms with van der Waals surface area (Å²) < 4.78 is 0. The fourth-order valence-electron chi connectivity index (χ4n) is 3.63. The van der Waals surface area contributed by atoms with Gasteiger partial charge in [-0.1, -0.05) is 26.2 Å². The number of carbonyl (C=O) groups is 1. The van der Waals surface area contributed by atoms with Gasteiger partial charge in [-0.2, -0.15) is 0 Å². The lowest BCUT2D eigenvalue weighted by Crippen LogP contribution is -2.41. The Morgan fingerprint density at radius 1 is 1.16 bits per heavy atom. The monoisotopic (exact) mass is 267 g/mol. The van der Waals surface area contributed by atoms with Crippen LogP contribution in [0.4, 0.5) is 0 Å². The topological polar surface area (TPSA) is 40.5 Å². The van der Waals surface area contributed by atoms with Crippen LogP contribution in [0.25, 0.3) is 0 Å². The third kappa shape index (κ3) is 4.20. The number of hydrogen-bond acceptors (Lipinski definition) is 2. The Morgan fingerprint density at radius 3 is 2.37 bits per heavy atom. The van der Waals surface area contributed by atoms with Crippen LogP contribution in [0.3, 0.4) is 0 Å². The number of aliphatic hydroxyl groups excluding tert-OH is 1. The molecule has 0 radical (unpaired) electrons. The van der Waals surface area contributed by atoms with Crippen LogP contribution < -0.4 is 0 Å². The molecule has 2 rings (SSSR count). The Bertz CT molecular complexity index is 278.